The molecule has 0 aliphatic carbocycles. The molecule has 0 amide bonds. The smallest absolute Gasteiger partial charge is 0.346 e. The molecule has 3 nitrogen and oxygen atoms in total. The average molecular weight is 375 g/mol. The van der Waals surface area contributed by atoms with Crippen molar-refractivity contribution >= 4 is 36.1 Å². The molecule has 24 heavy (non-hydrogen) atoms. The van der Waals surface area contributed by atoms with E-state index in [0.29, 0.717) is 0 Å². The van der Waals surface area contributed by atoms with Gasteiger partial charge in [-0.3, -0.25) is 0 Å². The monoisotopic (exact) mass is 374 g/mol. The molecule has 2 aromatic carbocycles. The van der Waals surface area contributed by atoms with E-state index in [1.54, 1.807) is 18.8 Å². The Balaban J connectivity index is 0.000000443. The van der Waals surface area contributed by atoms with Gasteiger partial charge in [0.05, 0.1) is 0 Å². The van der Waals surface area contributed by atoms with Gasteiger partial charge in [-0.2, -0.15) is 0 Å². The molecule has 128 valence electrons. The molecule has 0 fully saturated rings. The van der Waals surface area contributed by atoms with Crippen LogP contribution in [0.5, 0.6) is 0 Å². The van der Waals surface area contributed by atoms with Gasteiger partial charge in [-0.05, 0) is 26.2 Å². The van der Waals surface area contributed by atoms with E-state index in [4.69, 9.17) is 4.80 Å². The van der Waals surface area contributed by atoms with Crippen molar-refractivity contribution < 1.29 is 13.7 Å². The van der Waals surface area contributed by atoms with E-state index >= 15 is 0 Å². The standard InChI is InChI=1S/C12H10OSi.C4H10OSi.C2H6OSi/c13-14(11-7-3-1-4-8-11)12-9-5-2-6-10-12;1-4-6(2,3)5;1-4(2)3/h1-10H;4-5H,1H2,2-3H3;1-2H3. The lowest BCUT2D eigenvalue weighted by Crippen LogP contribution is -2.33. The summed E-state index contributed by atoms with van der Waals surface area (Å²) in [6.45, 7) is 10.5. The van der Waals surface area contributed by atoms with Gasteiger partial charge in [0.1, 0.15) is 0 Å². The van der Waals surface area contributed by atoms with Gasteiger partial charge in [0, 0.05) is 10.4 Å². The summed E-state index contributed by atoms with van der Waals surface area (Å²) in [6.07, 6.45) is 0. The molecule has 6 heteroatoms. The van der Waals surface area contributed by atoms with Crippen molar-refractivity contribution in [2.45, 2.75) is 26.2 Å². The van der Waals surface area contributed by atoms with Crippen molar-refractivity contribution in [1.82, 2.24) is 0 Å². The zero-order valence-corrected chi connectivity index (χ0v) is 17.8. The first-order valence-electron chi connectivity index (χ1n) is 7.65. The van der Waals surface area contributed by atoms with Crippen LogP contribution < -0.4 is 10.4 Å². The summed E-state index contributed by atoms with van der Waals surface area (Å²) >= 11 is 0. The Kier molecular flexibility index (Phi) is 11.1. The fourth-order valence-corrected chi connectivity index (χ4v) is 2.67. The van der Waals surface area contributed by atoms with E-state index in [0.717, 1.165) is 10.4 Å². The molecule has 0 atom stereocenters. The van der Waals surface area contributed by atoms with Crippen LogP contribution in [0.1, 0.15) is 0 Å². The molecule has 0 spiro atoms. The van der Waals surface area contributed by atoms with E-state index in [1.807, 2.05) is 73.8 Å². The van der Waals surface area contributed by atoms with E-state index in [1.165, 1.54) is 0 Å². The predicted molar refractivity (Wildman–Crippen MR) is 107 cm³/mol. The first kappa shape index (κ1) is 22.4. The first-order valence-corrected chi connectivity index (χ1v) is 14.5. The van der Waals surface area contributed by atoms with E-state index < -0.39 is 25.7 Å². The fourth-order valence-electron chi connectivity index (χ4n) is 1.35. The molecule has 0 aromatic heterocycles. The Bertz CT molecular complexity index is 590. The van der Waals surface area contributed by atoms with Gasteiger partial charge in [0.15, 0.2) is 0 Å². The SMILES string of the molecule is C=C[Si](C)(C)O.C[Si](C)=O.O=[Si](c1ccccc1)c1ccccc1. The van der Waals surface area contributed by atoms with Crippen molar-refractivity contribution in [1.29, 1.82) is 0 Å². The maximum atomic E-state index is 12.0. The third-order valence-electron chi connectivity index (χ3n) is 2.57. The number of hydrogen-bond acceptors (Lipinski definition) is 3. The van der Waals surface area contributed by atoms with Crippen LogP contribution in [0.3, 0.4) is 0 Å². The van der Waals surface area contributed by atoms with Gasteiger partial charge in [0.25, 0.3) is 8.68 Å². The molecule has 0 aliphatic rings. The fraction of sp³-hybridized carbons (Fsp3) is 0.222. The molecule has 0 radical (unpaired) electrons. The minimum atomic E-state index is -1.87. The Labute approximate surface area is 149 Å². The van der Waals surface area contributed by atoms with Crippen molar-refractivity contribution in [3.05, 3.63) is 72.9 Å². The van der Waals surface area contributed by atoms with Gasteiger partial charge in [-0.15, -0.1) is 6.58 Å². The summed E-state index contributed by atoms with van der Waals surface area (Å²) in [4.78, 5) is 8.85. The highest BCUT2D eigenvalue weighted by atomic mass is 28.4. The zero-order valence-electron chi connectivity index (χ0n) is 14.8. The third kappa shape index (κ3) is 11.9. The highest BCUT2D eigenvalue weighted by molar-refractivity contribution is 6.74. The quantitative estimate of drug-likeness (QED) is 0.841. The topological polar surface area (TPSA) is 54.4 Å². The zero-order chi connectivity index (χ0) is 18.6. The molecular formula is C18H26O3Si3. The molecule has 1 N–H and O–H groups in total. The summed E-state index contributed by atoms with van der Waals surface area (Å²) in [5.41, 5.74) is 1.63. The summed E-state index contributed by atoms with van der Waals surface area (Å²) in [7, 11) is -4.79. The second-order valence-corrected chi connectivity index (χ2v) is 13.2. The minimum absolute atomic E-state index is 0.920. The average Bonchev–Trinajstić information content (AvgIpc) is 2.55. The normalized spacial score (nSPS) is 9.54. The third-order valence-corrected chi connectivity index (χ3v) is 5.29. The lowest BCUT2D eigenvalue weighted by molar-refractivity contribution is 0.567. The van der Waals surface area contributed by atoms with E-state index in [-0.39, 0.29) is 0 Å². The Hall–Kier alpha value is -1.61. The summed E-state index contributed by atoms with van der Waals surface area (Å²) in [5.74, 6) is 0. The van der Waals surface area contributed by atoms with Crippen LogP contribution in [-0.2, 0) is 8.92 Å². The number of hydrogen-bond donors (Lipinski definition) is 1. The minimum Gasteiger partial charge on any atom is -0.428 e. The molecule has 0 bridgehead atoms. The molecule has 2 rings (SSSR count). The van der Waals surface area contributed by atoms with Gasteiger partial charge < -0.3 is 13.7 Å². The van der Waals surface area contributed by atoms with Crippen molar-refractivity contribution in [2.24, 2.45) is 0 Å². The highest BCUT2D eigenvalue weighted by Crippen LogP contribution is 1.92. The highest BCUT2D eigenvalue weighted by Gasteiger charge is 2.09. The lowest BCUT2D eigenvalue weighted by atomic mass is 10.4. The molecule has 0 saturated carbocycles. The largest absolute Gasteiger partial charge is 0.428 e. The van der Waals surface area contributed by atoms with Crippen LogP contribution in [0.25, 0.3) is 0 Å². The lowest BCUT2D eigenvalue weighted by Gasteiger charge is -2.02. The van der Waals surface area contributed by atoms with Crippen LogP contribution in [0.4, 0.5) is 0 Å². The van der Waals surface area contributed by atoms with Gasteiger partial charge in [-0.1, -0.05) is 66.4 Å². The maximum absolute atomic E-state index is 12.0. The second-order valence-electron chi connectivity index (χ2n) is 5.83. The Morgan fingerprint density at radius 1 is 0.875 bits per heavy atom. The summed E-state index contributed by atoms with van der Waals surface area (Å²) in [5, 5.41) is 1.84. The second kappa shape index (κ2) is 11.9. The van der Waals surface area contributed by atoms with Crippen LogP contribution in [0.15, 0.2) is 72.9 Å². The van der Waals surface area contributed by atoms with E-state index in [2.05, 4.69) is 6.58 Å². The molecule has 0 unspecified atom stereocenters. The summed E-state index contributed by atoms with van der Waals surface area (Å²) in [6, 6.07) is 19.2. The van der Waals surface area contributed by atoms with E-state index in [9.17, 15) is 8.92 Å². The van der Waals surface area contributed by atoms with Gasteiger partial charge >= 0.3 is 8.68 Å². The Morgan fingerprint density at radius 3 is 1.33 bits per heavy atom. The molecule has 0 heterocycles. The Morgan fingerprint density at radius 2 is 1.12 bits per heavy atom. The van der Waals surface area contributed by atoms with Crippen LogP contribution in [0.2, 0.25) is 26.2 Å². The van der Waals surface area contributed by atoms with Crippen molar-refractivity contribution in [3.8, 4) is 0 Å². The van der Waals surface area contributed by atoms with Gasteiger partial charge in [-0.25, -0.2) is 0 Å². The molecule has 0 aliphatic heterocycles. The van der Waals surface area contributed by atoms with Gasteiger partial charge in [0.2, 0.25) is 8.32 Å². The van der Waals surface area contributed by atoms with Crippen molar-refractivity contribution in [2.75, 3.05) is 0 Å². The van der Waals surface area contributed by atoms with Crippen LogP contribution >= 0.6 is 0 Å². The summed E-state index contributed by atoms with van der Waals surface area (Å²) < 4.78 is 21.7. The van der Waals surface area contributed by atoms with Crippen molar-refractivity contribution in [3.63, 3.8) is 0 Å². The molecule has 2 aromatic rings. The van der Waals surface area contributed by atoms with Crippen LogP contribution in [-0.4, -0.2) is 30.5 Å². The molecule has 0 saturated heterocycles. The number of benzene rings is 2. The predicted octanol–water partition coefficient (Wildman–Crippen LogP) is 2.80. The number of rotatable bonds is 3. The van der Waals surface area contributed by atoms with Crippen LogP contribution in [0, 0.1) is 0 Å². The first-order chi connectivity index (χ1) is 11.2. The molecular weight excluding hydrogens is 348 g/mol. The maximum Gasteiger partial charge on any atom is 0.346 e.